The molecule has 1 N–H and O–H groups in total. The van der Waals surface area contributed by atoms with E-state index in [1.54, 1.807) is 0 Å². The van der Waals surface area contributed by atoms with E-state index in [-0.39, 0.29) is 11.3 Å². The van der Waals surface area contributed by atoms with E-state index < -0.39 is 5.82 Å². The summed E-state index contributed by atoms with van der Waals surface area (Å²) in [6, 6.07) is 2.16. The van der Waals surface area contributed by atoms with Gasteiger partial charge in [0.25, 0.3) is 0 Å². The Morgan fingerprint density at radius 3 is 2.73 bits per heavy atom. The number of carbonyl (C=O) groups excluding carboxylic acids is 1. The molecule has 1 rings (SSSR count). The third kappa shape index (κ3) is 1.39. The zero-order valence-electron chi connectivity index (χ0n) is 5.97. The van der Waals surface area contributed by atoms with Crippen molar-refractivity contribution in [2.24, 2.45) is 0 Å². The van der Waals surface area contributed by atoms with Crippen molar-refractivity contribution in [3.05, 3.63) is 23.5 Å². The van der Waals surface area contributed by atoms with Gasteiger partial charge in [-0.2, -0.15) is 0 Å². The molecule has 0 aliphatic rings. The second-order valence-corrected chi connectivity index (χ2v) is 2.28. The third-order valence-corrected chi connectivity index (χ3v) is 1.42. The number of rotatable bonds is 1. The summed E-state index contributed by atoms with van der Waals surface area (Å²) in [6.07, 6.45) is 0.422. The molecular weight excluding hydrogens is 146 g/mol. The first kappa shape index (κ1) is 7.79. The number of aromatic hydroxyl groups is 1. The van der Waals surface area contributed by atoms with Crippen molar-refractivity contribution in [2.75, 3.05) is 0 Å². The van der Waals surface area contributed by atoms with E-state index in [1.807, 2.05) is 0 Å². The maximum atomic E-state index is 12.5. The van der Waals surface area contributed by atoms with E-state index in [1.165, 1.54) is 13.9 Å². The molecule has 0 bridgehead atoms. The highest BCUT2D eigenvalue weighted by Gasteiger charge is 2.04. The van der Waals surface area contributed by atoms with Gasteiger partial charge in [0.05, 0.1) is 5.56 Å². The average Bonchev–Trinajstić information content (AvgIpc) is 1.96. The smallest absolute Gasteiger partial charge is 0.153 e. The molecule has 0 heterocycles. The Morgan fingerprint density at radius 2 is 2.18 bits per heavy atom. The minimum atomic E-state index is -0.512. The number of hydrogen-bond donors (Lipinski definition) is 1. The Hall–Kier alpha value is -1.32. The van der Waals surface area contributed by atoms with Gasteiger partial charge < -0.3 is 5.11 Å². The first-order valence-electron chi connectivity index (χ1n) is 3.09. The third-order valence-electron chi connectivity index (χ3n) is 1.42. The number of hydrogen-bond acceptors (Lipinski definition) is 2. The fraction of sp³-hybridized carbons (Fsp3) is 0. The Balaban J connectivity index is 3.35. The van der Waals surface area contributed by atoms with Crippen LogP contribution in [0.2, 0.25) is 0 Å². The van der Waals surface area contributed by atoms with Crippen molar-refractivity contribution in [3.8, 4) is 5.75 Å². The normalized spacial score (nSPS) is 9.55. The lowest BCUT2D eigenvalue weighted by atomic mass is 9.93. The lowest BCUT2D eigenvalue weighted by Gasteiger charge is -2.00. The van der Waals surface area contributed by atoms with Gasteiger partial charge in [-0.1, -0.05) is 0 Å². The lowest BCUT2D eigenvalue weighted by molar-refractivity contribution is 0.112. The van der Waals surface area contributed by atoms with Gasteiger partial charge in [0.2, 0.25) is 0 Å². The van der Waals surface area contributed by atoms with Gasteiger partial charge in [-0.3, -0.25) is 4.79 Å². The Morgan fingerprint density at radius 1 is 1.55 bits per heavy atom. The molecule has 1 aromatic rings. The fourth-order valence-electron chi connectivity index (χ4n) is 0.851. The first-order chi connectivity index (χ1) is 5.15. The van der Waals surface area contributed by atoms with Crippen LogP contribution in [0.5, 0.6) is 5.75 Å². The van der Waals surface area contributed by atoms with Crippen LogP contribution in [-0.4, -0.2) is 19.2 Å². The maximum Gasteiger partial charge on any atom is 0.153 e. The van der Waals surface area contributed by atoms with Crippen molar-refractivity contribution in [1.82, 2.24) is 0 Å². The molecule has 0 spiro atoms. The first-order valence-corrected chi connectivity index (χ1v) is 3.09. The molecule has 0 amide bonds. The Kier molecular flexibility index (Phi) is 1.94. The monoisotopic (exact) mass is 152 g/mol. The minimum absolute atomic E-state index is 0.0116. The number of carbonyl (C=O) groups is 1. The summed E-state index contributed by atoms with van der Waals surface area (Å²) in [6.45, 7) is 0. The van der Waals surface area contributed by atoms with Crippen LogP contribution in [0.25, 0.3) is 0 Å². The summed E-state index contributed by atoms with van der Waals surface area (Å²) in [7, 11) is 1.53. The predicted octanol–water partition coefficient (Wildman–Crippen LogP) is -0.398. The molecule has 56 valence electrons. The molecule has 11 heavy (non-hydrogen) atoms. The van der Waals surface area contributed by atoms with Gasteiger partial charge in [-0.15, -0.1) is 0 Å². The molecule has 0 aromatic heterocycles. The number of aldehydes is 1. The topological polar surface area (TPSA) is 37.3 Å². The highest BCUT2D eigenvalue weighted by Crippen LogP contribution is 2.11. The number of benzene rings is 1. The molecule has 0 aliphatic heterocycles. The number of phenolic OH excluding ortho intramolecular Hbond substituents is 1. The highest BCUT2D eigenvalue weighted by atomic mass is 19.1. The second kappa shape index (κ2) is 2.74. The standard InChI is InChI=1S/C7H6BFO2/c8-6-2-5(9)1-4(3-10)7(6)11/h1-3,11H,8H2. The van der Waals surface area contributed by atoms with E-state index in [4.69, 9.17) is 5.11 Å². The van der Waals surface area contributed by atoms with Crippen LogP contribution in [0.3, 0.4) is 0 Å². The Labute approximate surface area is 64.1 Å². The predicted molar refractivity (Wildman–Crippen MR) is 41.6 cm³/mol. The molecule has 0 atom stereocenters. The number of phenols is 1. The molecule has 4 heteroatoms. The highest BCUT2D eigenvalue weighted by molar-refractivity contribution is 6.34. The summed E-state index contributed by atoms with van der Waals surface area (Å²) in [5.41, 5.74) is 0.356. The van der Waals surface area contributed by atoms with Crippen molar-refractivity contribution >= 4 is 19.6 Å². The van der Waals surface area contributed by atoms with Crippen LogP contribution in [-0.2, 0) is 0 Å². The van der Waals surface area contributed by atoms with Crippen LogP contribution in [0.4, 0.5) is 4.39 Å². The van der Waals surface area contributed by atoms with Crippen molar-refractivity contribution < 1.29 is 14.3 Å². The molecule has 1 aromatic carbocycles. The lowest BCUT2D eigenvalue weighted by Crippen LogP contribution is -2.06. The van der Waals surface area contributed by atoms with Gasteiger partial charge in [-0.25, -0.2) is 4.39 Å². The van der Waals surface area contributed by atoms with E-state index in [0.29, 0.717) is 11.7 Å². The molecular formula is C7H6BFO2. The summed E-state index contributed by atoms with van der Waals surface area (Å²) in [4.78, 5) is 10.2. The van der Waals surface area contributed by atoms with E-state index in [0.717, 1.165) is 6.07 Å². The van der Waals surface area contributed by atoms with Crippen LogP contribution >= 0.6 is 0 Å². The average molecular weight is 152 g/mol. The maximum absolute atomic E-state index is 12.5. The summed E-state index contributed by atoms with van der Waals surface area (Å²) in [5.74, 6) is -0.663. The van der Waals surface area contributed by atoms with Gasteiger partial charge in [0, 0.05) is 0 Å². The zero-order chi connectivity index (χ0) is 8.43. The molecule has 0 aliphatic carbocycles. The molecule has 0 saturated heterocycles. The van der Waals surface area contributed by atoms with Crippen molar-refractivity contribution in [3.63, 3.8) is 0 Å². The number of halogens is 1. The van der Waals surface area contributed by atoms with Crippen LogP contribution in [0.15, 0.2) is 12.1 Å². The van der Waals surface area contributed by atoms with Gasteiger partial charge in [0.1, 0.15) is 19.4 Å². The van der Waals surface area contributed by atoms with Crippen LogP contribution in [0.1, 0.15) is 10.4 Å². The van der Waals surface area contributed by atoms with E-state index in [2.05, 4.69) is 0 Å². The summed E-state index contributed by atoms with van der Waals surface area (Å²) in [5, 5.41) is 9.12. The van der Waals surface area contributed by atoms with Crippen molar-refractivity contribution in [2.45, 2.75) is 0 Å². The second-order valence-electron chi connectivity index (χ2n) is 2.28. The van der Waals surface area contributed by atoms with Gasteiger partial charge >= 0.3 is 0 Å². The van der Waals surface area contributed by atoms with Crippen LogP contribution in [0, 0.1) is 5.82 Å². The van der Waals surface area contributed by atoms with Gasteiger partial charge in [0.15, 0.2) is 6.29 Å². The molecule has 0 fully saturated rings. The summed E-state index contributed by atoms with van der Waals surface area (Å²) >= 11 is 0. The van der Waals surface area contributed by atoms with Crippen LogP contribution < -0.4 is 5.46 Å². The van der Waals surface area contributed by atoms with Gasteiger partial charge in [-0.05, 0) is 17.6 Å². The SMILES string of the molecule is Bc1cc(F)cc(C=O)c1O. The van der Waals surface area contributed by atoms with E-state index >= 15 is 0 Å². The Bertz CT molecular complexity index is 299. The van der Waals surface area contributed by atoms with Crippen molar-refractivity contribution in [1.29, 1.82) is 0 Å². The quantitative estimate of drug-likeness (QED) is 0.439. The molecule has 0 unspecified atom stereocenters. The minimum Gasteiger partial charge on any atom is -0.508 e. The van der Waals surface area contributed by atoms with E-state index in [9.17, 15) is 9.18 Å². The molecule has 0 radical (unpaired) electrons. The molecule has 2 nitrogen and oxygen atoms in total. The summed E-state index contributed by atoms with van der Waals surface area (Å²) < 4.78 is 12.5. The molecule has 0 saturated carbocycles. The zero-order valence-corrected chi connectivity index (χ0v) is 5.97. The fourth-order valence-corrected chi connectivity index (χ4v) is 0.851. The largest absolute Gasteiger partial charge is 0.508 e.